The molecule has 0 amide bonds. The van der Waals surface area contributed by atoms with Crippen molar-refractivity contribution in [3.8, 4) is 0 Å². The van der Waals surface area contributed by atoms with Crippen LogP contribution in [0.4, 0.5) is 11.4 Å². The molecule has 1 aromatic heterocycles. The summed E-state index contributed by atoms with van der Waals surface area (Å²) in [6.45, 7) is 8.46. The molecule has 2 heterocycles. The van der Waals surface area contributed by atoms with Gasteiger partial charge in [-0.05, 0) is 26.8 Å². The summed E-state index contributed by atoms with van der Waals surface area (Å²) in [6.07, 6.45) is 0. The number of nitro groups is 1. The Morgan fingerprint density at radius 1 is 1.48 bits per heavy atom. The van der Waals surface area contributed by atoms with E-state index in [-0.39, 0.29) is 16.1 Å². The highest BCUT2D eigenvalue weighted by Crippen LogP contribution is 2.36. The molecule has 6 nitrogen and oxygen atoms in total. The lowest BCUT2D eigenvalue weighted by Gasteiger charge is -2.40. The van der Waals surface area contributed by atoms with E-state index in [1.54, 1.807) is 6.07 Å². The van der Waals surface area contributed by atoms with Gasteiger partial charge in [-0.3, -0.25) is 10.1 Å². The highest BCUT2D eigenvalue weighted by molar-refractivity contribution is 7.18. The molecule has 1 N–H and O–H groups in total. The number of nitrogens with zero attached hydrogens (tertiary/aromatic N) is 3. The van der Waals surface area contributed by atoms with Gasteiger partial charge in [-0.2, -0.15) is 0 Å². The summed E-state index contributed by atoms with van der Waals surface area (Å²) in [4.78, 5) is 17.7. The lowest BCUT2D eigenvalue weighted by Crippen LogP contribution is -2.57. The average molecular weight is 306 g/mol. The van der Waals surface area contributed by atoms with Gasteiger partial charge in [-0.15, -0.1) is 11.3 Å². The van der Waals surface area contributed by atoms with Crippen LogP contribution in [0.5, 0.6) is 0 Å². The van der Waals surface area contributed by atoms with Crippen LogP contribution in [0, 0.1) is 17.0 Å². The predicted molar refractivity (Wildman–Crippen MR) is 85.3 cm³/mol. The normalized spacial score (nSPS) is 18.1. The zero-order valence-electron chi connectivity index (χ0n) is 12.3. The summed E-state index contributed by atoms with van der Waals surface area (Å²) < 4.78 is 0.873. The van der Waals surface area contributed by atoms with Gasteiger partial charge in [0.25, 0.3) is 5.69 Å². The van der Waals surface area contributed by atoms with Gasteiger partial charge in [0.05, 0.1) is 20.1 Å². The van der Waals surface area contributed by atoms with E-state index in [2.05, 4.69) is 29.0 Å². The monoisotopic (exact) mass is 306 g/mol. The number of benzene rings is 1. The maximum Gasteiger partial charge on any atom is 0.294 e. The Hall–Kier alpha value is -1.73. The van der Waals surface area contributed by atoms with E-state index in [9.17, 15) is 10.1 Å². The Bertz CT molecular complexity index is 710. The summed E-state index contributed by atoms with van der Waals surface area (Å²) in [5.74, 6) is 0. The molecule has 1 saturated heterocycles. The quantitative estimate of drug-likeness (QED) is 0.682. The Kier molecular flexibility index (Phi) is 3.33. The van der Waals surface area contributed by atoms with Gasteiger partial charge in [0.1, 0.15) is 5.69 Å². The van der Waals surface area contributed by atoms with Gasteiger partial charge in [0.2, 0.25) is 0 Å². The second-order valence-electron chi connectivity index (χ2n) is 6.03. The van der Waals surface area contributed by atoms with E-state index in [1.165, 1.54) is 11.3 Å². The minimum atomic E-state index is -0.293. The third-order valence-electron chi connectivity index (χ3n) is 3.70. The molecule has 0 bridgehead atoms. The number of piperazine rings is 1. The van der Waals surface area contributed by atoms with Gasteiger partial charge >= 0.3 is 0 Å². The maximum absolute atomic E-state index is 11.4. The van der Waals surface area contributed by atoms with Crippen molar-refractivity contribution in [2.24, 2.45) is 0 Å². The summed E-state index contributed by atoms with van der Waals surface area (Å²) in [6, 6.07) is 3.52. The zero-order valence-corrected chi connectivity index (χ0v) is 13.2. The van der Waals surface area contributed by atoms with E-state index in [4.69, 9.17) is 0 Å². The second kappa shape index (κ2) is 4.92. The molecule has 0 unspecified atom stereocenters. The van der Waals surface area contributed by atoms with E-state index in [0.29, 0.717) is 5.69 Å². The Morgan fingerprint density at radius 2 is 2.24 bits per heavy atom. The van der Waals surface area contributed by atoms with Crippen LogP contribution in [0.2, 0.25) is 0 Å². The minimum absolute atomic E-state index is 0.0565. The number of aryl methyl sites for hydroxylation is 1. The van der Waals surface area contributed by atoms with Gasteiger partial charge in [0.15, 0.2) is 0 Å². The van der Waals surface area contributed by atoms with Gasteiger partial charge in [0, 0.05) is 31.2 Å². The Balaban J connectivity index is 2.10. The molecule has 1 aliphatic rings. The van der Waals surface area contributed by atoms with Gasteiger partial charge < -0.3 is 10.2 Å². The number of aromatic nitrogens is 1. The van der Waals surface area contributed by atoms with Gasteiger partial charge in [-0.25, -0.2) is 4.98 Å². The summed E-state index contributed by atoms with van der Waals surface area (Å²) >= 11 is 1.49. The van der Waals surface area contributed by atoms with Crippen molar-refractivity contribution in [1.29, 1.82) is 0 Å². The molecule has 0 atom stereocenters. The zero-order chi connectivity index (χ0) is 15.2. The van der Waals surface area contributed by atoms with Crippen LogP contribution in [0.25, 0.3) is 10.2 Å². The largest absolute Gasteiger partial charge is 0.363 e. The molecule has 1 fully saturated rings. The summed E-state index contributed by atoms with van der Waals surface area (Å²) in [5.41, 5.74) is 1.63. The first-order valence-corrected chi connectivity index (χ1v) is 7.73. The van der Waals surface area contributed by atoms with Crippen molar-refractivity contribution in [2.45, 2.75) is 26.3 Å². The SMILES string of the molecule is Cc1nc2cc(N3CCNC(C)(C)C3)c([N+](=O)[O-])cc2s1. The van der Waals surface area contributed by atoms with Crippen molar-refractivity contribution in [1.82, 2.24) is 10.3 Å². The fourth-order valence-corrected chi connectivity index (χ4v) is 3.66. The number of nitro benzene ring substituents is 1. The van der Waals surface area contributed by atoms with Crippen molar-refractivity contribution in [3.63, 3.8) is 0 Å². The number of nitrogens with one attached hydrogen (secondary N) is 1. The third kappa shape index (κ3) is 2.71. The molecule has 7 heteroatoms. The lowest BCUT2D eigenvalue weighted by atomic mass is 10.0. The first kappa shape index (κ1) is 14.2. The predicted octanol–water partition coefficient (Wildman–Crippen LogP) is 2.70. The van der Waals surface area contributed by atoms with Crippen LogP contribution in [0.15, 0.2) is 12.1 Å². The smallest absolute Gasteiger partial charge is 0.294 e. The topological polar surface area (TPSA) is 71.3 Å². The van der Waals surface area contributed by atoms with Gasteiger partial charge in [-0.1, -0.05) is 0 Å². The molecule has 1 aliphatic heterocycles. The van der Waals surface area contributed by atoms with Crippen LogP contribution >= 0.6 is 11.3 Å². The van der Waals surface area contributed by atoms with Crippen LogP contribution in [-0.2, 0) is 0 Å². The number of anilines is 1. The molecule has 0 aliphatic carbocycles. The maximum atomic E-state index is 11.4. The number of rotatable bonds is 2. The molecule has 2 aromatic rings. The fraction of sp³-hybridized carbons (Fsp3) is 0.500. The van der Waals surface area contributed by atoms with E-state index >= 15 is 0 Å². The number of fused-ring (bicyclic) bond motifs is 1. The highest BCUT2D eigenvalue weighted by Gasteiger charge is 2.30. The molecular weight excluding hydrogens is 288 g/mol. The van der Waals surface area contributed by atoms with Crippen LogP contribution in [0.3, 0.4) is 0 Å². The lowest BCUT2D eigenvalue weighted by molar-refractivity contribution is -0.384. The molecule has 112 valence electrons. The van der Waals surface area contributed by atoms with Crippen LogP contribution in [-0.4, -0.2) is 35.1 Å². The molecule has 1 aromatic carbocycles. The molecule has 0 radical (unpaired) electrons. The van der Waals surface area contributed by atoms with Crippen molar-refractivity contribution < 1.29 is 4.92 Å². The molecule has 3 rings (SSSR count). The van der Waals surface area contributed by atoms with E-state index in [1.807, 2.05) is 13.0 Å². The van der Waals surface area contributed by atoms with E-state index in [0.717, 1.165) is 34.9 Å². The third-order valence-corrected chi connectivity index (χ3v) is 4.63. The standard InChI is InChI=1S/C14H18N4O2S/c1-9-16-10-6-11(12(18(19)20)7-13(10)21-9)17-5-4-15-14(2,3)8-17/h6-7,15H,4-5,8H2,1-3H3. The van der Waals surface area contributed by atoms with Crippen molar-refractivity contribution >= 4 is 32.9 Å². The average Bonchev–Trinajstić information content (AvgIpc) is 2.75. The fourth-order valence-electron chi connectivity index (χ4n) is 2.81. The molecule has 0 spiro atoms. The summed E-state index contributed by atoms with van der Waals surface area (Å²) in [7, 11) is 0. The Morgan fingerprint density at radius 3 is 2.90 bits per heavy atom. The van der Waals surface area contributed by atoms with E-state index < -0.39 is 0 Å². The van der Waals surface area contributed by atoms with Crippen LogP contribution < -0.4 is 10.2 Å². The first-order chi connectivity index (χ1) is 9.85. The Labute approximate surface area is 126 Å². The number of hydrogen-bond acceptors (Lipinski definition) is 6. The summed E-state index contributed by atoms with van der Waals surface area (Å²) in [5, 5.41) is 15.8. The number of thiazole rings is 1. The molecule has 0 saturated carbocycles. The van der Waals surface area contributed by atoms with Crippen LogP contribution in [0.1, 0.15) is 18.9 Å². The first-order valence-electron chi connectivity index (χ1n) is 6.91. The molecular formula is C14H18N4O2S. The van der Waals surface area contributed by atoms with Crippen molar-refractivity contribution in [3.05, 3.63) is 27.3 Å². The molecule has 21 heavy (non-hydrogen) atoms. The second-order valence-corrected chi connectivity index (χ2v) is 7.27. The minimum Gasteiger partial charge on any atom is -0.363 e. The van der Waals surface area contributed by atoms with Crippen molar-refractivity contribution in [2.75, 3.05) is 24.5 Å². The number of hydrogen-bond donors (Lipinski definition) is 1. The highest BCUT2D eigenvalue weighted by atomic mass is 32.1.